The van der Waals surface area contributed by atoms with Crippen LogP contribution in [0.15, 0.2) is 4.79 Å². The van der Waals surface area contributed by atoms with Gasteiger partial charge in [0.15, 0.2) is 0 Å². The van der Waals surface area contributed by atoms with E-state index in [4.69, 9.17) is 0 Å². The molecule has 4 nitrogen and oxygen atoms in total. The maximum atomic E-state index is 11.6. The molecule has 2 rings (SSSR count). The van der Waals surface area contributed by atoms with E-state index in [9.17, 15) is 4.79 Å². The van der Waals surface area contributed by atoms with Crippen LogP contribution < -0.4 is 5.69 Å². The molecule has 0 N–H and O–H groups in total. The van der Waals surface area contributed by atoms with E-state index in [0.717, 1.165) is 25.2 Å². The predicted molar refractivity (Wildman–Crippen MR) is 45.2 cm³/mol. The summed E-state index contributed by atoms with van der Waals surface area (Å²) in [6.45, 7) is 4.80. The fourth-order valence-corrected chi connectivity index (χ4v) is 1.60. The van der Waals surface area contributed by atoms with Gasteiger partial charge in [-0.2, -0.15) is 5.10 Å². The minimum absolute atomic E-state index is 0.0532. The zero-order valence-electron chi connectivity index (χ0n) is 7.45. The lowest BCUT2D eigenvalue weighted by atomic mass is 10.4. The van der Waals surface area contributed by atoms with E-state index in [1.165, 1.54) is 0 Å². The summed E-state index contributed by atoms with van der Waals surface area (Å²) in [6.07, 6.45) is 2.02. The smallest absolute Gasteiger partial charge is 0.279 e. The Labute approximate surface area is 70.8 Å². The number of fused-ring (bicyclic) bond motifs is 1. The monoisotopic (exact) mass is 167 g/mol. The van der Waals surface area contributed by atoms with Crippen molar-refractivity contribution in [2.75, 3.05) is 0 Å². The summed E-state index contributed by atoms with van der Waals surface area (Å²) < 4.78 is 3.34. The van der Waals surface area contributed by atoms with E-state index in [-0.39, 0.29) is 11.7 Å². The Morgan fingerprint density at radius 2 is 2.25 bits per heavy atom. The summed E-state index contributed by atoms with van der Waals surface area (Å²) in [5.41, 5.74) is 0.0532. The maximum Gasteiger partial charge on any atom is 0.346 e. The second-order valence-electron chi connectivity index (χ2n) is 3.49. The highest BCUT2D eigenvalue weighted by atomic mass is 16.2. The van der Waals surface area contributed by atoms with E-state index in [1.54, 1.807) is 9.25 Å². The molecule has 0 saturated carbocycles. The molecule has 0 fully saturated rings. The third-order valence-corrected chi connectivity index (χ3v) is 2.23. The summed E-state index contributed by atoms with van der Waals surface area (Å²) in [5, 5.41) is 4.26. The highest BCUT2D eigenvalue weighted by Gasteiger charge is 2.18. The average Bonchev–Trinajstić information content (AvgIpc) is 2.53. The molecule has 0 saturated heterocycles. The Balaban J connectivity index is 2.55. The first kappa shape index (κ1) is 7.58. The second-order valence-corrected chi connectivity index (χ2v) is 3.49. The van der Waals surface area contributed by atoms with Crippen molar-refractivity contribution < 1.29 is 0 Å². The van der Waals surface area contributed by atoms with Crippen LogP contribution in [-0.4, -0.2) is 14.3 Å². The molecule has 0 radical (unpaired) electrons. The third kappa shape index (κ3) is 0.906. The van der Waals surface area contributed by atoms with Crippen LogP contribution in [0.4, 0.5) is 0 Å². The highest BCUT2D eigenvalue weighted by molar-refractivity contribution is 4.93. The molecule has 66 valence electrons. The van der Waals surface area contributed by atoms with Crippen LogP contribution in [0.3, 0.4) is 0 Å². The number of nitrogens with zero attached hydrogens (tertiary/aromatic N) is 3. The molecule has 0 amide bonds. The minimum atomic E-state index is 0.0532. The van der Waals surface area contributed by atoms with Crippen molar-refractivity contribution in [2.45, 2.75) is 39.3 Å². The molecule has 0 unspecified atom stereocenters. The van der Waals surface area contributed by atoms with Gasteiger partial charge in [0.05, 0.1) is 6.04 Å². The van der Waals surface area contributed by atoms with Crippen LogP contribution in [0.25, 0.3) is 0 Å². The van der Waals surface area contributed by atoms with Crippen LogP contribution in [0.1, 0.15) is 32.1 Å². The number of hydrogen-bond donors (Lipinski definition) is 0. The zero-order valence-corrected chi connectivity index (χ0v) is 7.45. The van der Waals surface area contributed by atoms with Gasteiger partial charge in [-0.25, -0.2) is 9.48 Å². The summed E-state index contributed by atoms with van der Waals surface area (Å²) in [4.78, 5) is 11.6. The topological polar surface area (TPSA) is 39.8 Å². The molecule has 2 heterocycles. The van der Waals surface area contributed by atoms with Crippen molar-refractivity contribution in [1.29, 1.82) is 0 Å². The fourth-order valence-electron chi connectivity index (χ4n) is 1.60. The number of hydrogen-bond acceptors (Lipinski definition) is 2. The van der Waals surface area contributed by atoms with Crippen LogP contribution in [0.2, 0.25) is 0 Å². The first-order valence-electron chi connectivity index (χ1n) is 4.38. The summed E-state index contributed by atoms with van der Waals surface area (Å²) in [6, 6.07) is 0.176. The van der Waals surface area contributed by atoms with Crippen LogP contribution >= 0.6 is 0 Å². The predicted octanol–water partition coefficient (Wildman–Crippen LogP) is 0.572. The molecule has 4 heteroatoms. The molecular formula is C8H13N3O. The largest absolute Gasteiger partial charge is 0.346 e. The van der Waals surface area contributed by atoms with E-state index in [2.05, 4.69) is 5.10 Å². The van der Waals surface area contributed by atoms with E-state index < -0.39 is 0 Å². The Morgan fingerprint density at radius 1 is 1.50 bits per heavy atom. The number of rotatable bonds is 1. The van der Waals surface area contributed by atoms with Crippen LogP contribution in [0, 0.1) is 0 Å². The zero-order chi connectivity index (χ0) is 8.72. The Bertz CT molecular complexity index is 348. The molecule has 0 aliphatic carbocycles. The van der Waals surface area contributed by atoms with Crippen molar-refractivity contribution in [3.8, 4) is 0 Å². The second kappa shape index (κ2) is 2.47. The summed E-state index contributed by atoms with van der Waals surface area (Å²) >= 11 is 0. The van der Waals surface area contributed by atoms with Crippen molar-refractivity contribution >= 4 is 0 Å². The minimum Gasteiger partial charge on any atom is -0.279 e. The molecular weight excluding hydrogens is 154 g/mol. The van der Waals surface area contributed by atoms with Gasteiger partial charge in [-0.05, 0) is 20.3 Å². The summed E-state index contributed by atoms with van der Waals surface area (Å²) in [5.74, 6) is 0.953. The van der Waals surface area contributed by atoms with Gasteiger partial charge in [0.2, 0.25) is 0 Å². The molecule has 0 spiro atoms. The lowest BCUT2D eigenvalue weighted by molar-refractivity contribution is 0.496. The summed E-state index contributed by atoms with van der Waals surface area (Å²) in [7, 11) is 0. The van der Waals surface area contributed by atoms with E-state index in [1.807, 2.05) is 13.8 Å². The fraction of sp³-hybridized carbons (Fsp3) is 0.750. The standard InChI is InChI=1S/C8H13N3O/c1-6(2)11-8(12)10-5-3-4-7(10)9-11/h6H,3-5H2,1-2H3. The third-order valence-electron chi connectivity index (χ3n) is 2.23. The van der Waals surface area contributed by atoms with Gasteiger partial charge in [-0.3, -0.25) is 4.57 Å². The Morgan fingerprint density at radius 3 is 2.83 bits per heavy atom. The molecule has 1 aromatic rings. The number of aryl methyl sites for hydroxylation is 1. The van der Waals surface area contributed by atoms with Crippen molar-refractivity contribution in [3.63, 3.8) is 0 Å². The van der Waals surface area contributed by atoms with Gasteiger partial charge in [-0.1, -0.05) is 0 Å². The van der Waals surface area contributed by atoms with Crippen molar-refractivity contribution in [2.24, 2.45) is 0 Å². The molecule has 1 aliphatic heterocycles. The van der Waals surface area contributed by atoms with Gasteiger partial charge < -0.3 is 0 Å². The first-order valence-corrected chi connectivity index (χ1v) is 4.38. The normalized spacial score (nSPS) is 15.6. The number of aromatic nitrogens is 3. The van der Waals surface area contributed by atoms with Gasteiger partial charge in [0.1, 0.15) is 5.82 Å². The van der Waals surface area contributed by atoms with Crippen molar-refractivity contribution in [1.82, 2.24) is 14.3 Å². The molecule has 12 heavy (non-hydrogen) atoms. The molecule has 0 bridgehead atoms. The van der Waals surface area contributed by atoms with Crippen LogP contribution in [0.5, 0.6) is 0 Å². The highest BCUT2D eigenvalue weighted by Crippen LogP contribution is 2.09. The quantitative estimate of drug-likeness (QED) is 0.613. The van der Waals surface area contributed by atoms with Gasteiger partial charge in [0.25, 0.3) is 0 Å². The Kier molecular flexibility index (Phi) is 1.56. The van der Waals surface area contributed by atoms with Crippen molar-refractivity contribution in [3.05, 3.63) is 16.3 Å². The van der Waals surface area contributed by atoms with Gasteiger partial charge in [0, 0.05) is 13.0 Å². The van der Waals surface area contributed by atoms with Gasteiger partial charge in [-0.15, -0.1) is 0 Å². The SMILES string of the molecule is CC(C)n1nc2n(c1=O)CCC2. The average molecular weight is 167 g/mol. The molecule has 0 atom stereocenters. The first-order chi connectivity index (χ1) is 5.70. The lowest BCUT2D eigenvalue weighted by Gasteiger charge is -2.01. The molecule has 0 aromatic carbocycles. The van der Waals surface area contributed by atoms with E-state index in [0.29, 0.717) is 0 Å². The molecule has 1 aliphatic rings. The Hall–Kier alpha value is -1.06. The van der Waals surface area contributed by atoms with Crippen LogP contribution in [-0.2, 0) is 13.0 Å². The molecule has 1 aromatic heterocycles. The van der Waals surface area contributed by atoms with Gasteiger partial charge >= 0.3 is 5.69 Å². The lowest BCUT2D eigenvalue weighted by Crippen LogP contribution is -2.25. The maximum absolute atomic E-state index is 11.6. The van der Waals surface area contributed by atoms with E-state index >= 15 is 0 Å².